The van der Waals surface area contributed by atoms with E-state index in [1.807, 2.05) is 0 Å². The molecular weight excluding hydrogens is 145 g/mol. The van der Waals surface area contributed by atoms with Crippen LogP contribution in [-0.2, 0) is 0 Å². The SMILES string of the molecule is CCCCN(C)CCCB(C)C. The van der Waals surface area contributed by atoms with Crippen molar-refractivity contribution in [3.63, 3.8) is 0 Å². The van der Waals surface area contributed by atoms with Gasteiger partial charge in [-0.1, -0.05) is 33.3 Å². The number of hydrogen-bond donors (Lipinski definition) is 0. The van der Waals surface area contributed by atoms with Crippen LogP contribution >= 0.6 is 0 Å². The van der Waals surface area contributed by atoms with E-state index >= 15 is 0 Å². The summed E-state index contributed by atoms with van der Waals surface area (Å²) in [6.07, 6.45) is 5.39. The van der Waals surface area contributed by atoms with Gasteiger partial charge in [-0.25, -0.2) is 0 Å². The lowest BCUT2D eigenvalue weighted by Gasteiger charge is -2.15. The Labute approximate surface area is 78.6 Å². The molecule has 0 aromatic carbocycles. The largest absolute Gasteiger partial charge is 0.306 e. The molecule has 0 N–H and O–H groups in total. The lowest BCUT2D eigenvalue weighted by Crippen LogP contribution is -2.21. The number of hydrogen-bond acceptors (Lipinski definition) is 1. The molecule has 12 heavy (non-hydrogen) atoms. The molecule has 72 valence electrons. The third-order valence-corrected chi connectivity index (χ3v) is 2.21. The molecule has 1 nitrogen and oxygen atoms in total. The lowest BCUT2D eigenvalue weighted by molar-refractivity contribution is 0.328. The maximum atomic E-state index is 2.45. The molecule has 0 aromatic heterocycles. The Kier molecular flexibility index (Phi) is 7.68. The van der Waals surface area contributed by atoms with Gasteiger partial charge in [0.2, 0.25) is 0 Å². The summed E-state index contributed by atoms with van der Waals surface area (Å²) < 4.78 is 0. The van der Waals surface area contributed by atoms with Crippen LogP contribution in [0.5, 0.6) is 0 Å². The molecule has 0 fully saturated rings. The van der Waals surface area contributed by atoms with Crippen molar-refractivity contribution >= 4 is 6.71 Å². The molecule has 0 bridgehead atoms. The number of nitrogens with zero attached hydrogens (tertiary/aromatic N) is 1. The quantitative estimate of drug-likeness (QED) is 0.529. The van der Waals surface area contributed by atoms with E-state index in [1.54, 1.807) is 0 Å². The molecule has 0 aliphatic carbocycles. The average Bonchev–Trinajstić information content (AvgIpc) is 2.00. The van der Waals surface area contributed by atoms with E-state index in [9.17, 15) is 0 Å². The van der Waals surface area contributed by atoms with Gasteiger partial charge in [0, 0.05) is 0 Å². The topological polar surface area (TPSA) is 3.24 Å². The van der Waals surface area contributed by atoms with E-state index in [4.69, 9.17) is 0 Å². The third kappa shape index (κ3) is 8.12. The van der Waals surface area contributed by atoms with Crippen molar-refractivity contribution in [2.24, 2.45) is 0 Å². The van der Waals surface area contributed by atoms with Crippen molar-refractivity contribution in [3.8, 4) is 0 Å². The summed E-state index contributed by atoms with van der Waals surface area (Å²) in [6, 6.07) is 0. The van der Waals surface area contributed by atoms with Gasteiger partial charge in [-0.3, -0.25) is 0 Å². The highest BCUT2D eigenvalue weighted by atomic mass is 15.1. The van der Waals surface area contributed by atoms with Crippen LogP contribution in [0.2, 0.25) is 20.0 Å². The molecule has 0 radical (unpaired) electrons. The summed E-state index contributed by atoms with van der Waals surface area (Å²) in [5.74, 6) is 0. The lowest BCUT2D eigenvalue weighted by atomic mass is 9.51. The van der Waals surface area contributed by atoms with Gasteiger partial charge in [0.15, 0.2) is 0 Å². The van der Waals surface area contributed by atoms with Crippen molar-refractivity contribution in [2.75, 3.05) is 20.1 Å². The van der Waals surface area contributed by atoms with E-state index in [2.05, 4.69) is 32.5 Å². The van der Waals surface area contributed by atoms with E-state index in [0.29, 0.717) is 0 Å². The fraction of sp³-hybridized carbons (Fsp3) is 1.00. The van der Waals surface area contributed by atoms with Gasteiger partial charge in [-0.2, -0.15) is 0 Å². The van der Waals surface area contributed by atoms with Gasteiger partial charge in [-0.05, 0) is 33.0 Å². The Bertz CT molecular complexity index is 93.8. The normalized spacial score (nSPS) is 10.8. The first kappa shape index (κ1) is 12.0. The van der Waals surface area contributed by atoms with Crippen LogP contribution in [0, 0.1) is 0 Å². The molecule has 0 unspecified atom stereocenters. The summed E-state index contributed by atoms with van der Waals surface area (Å²) in [4.78, 5) is 2.45. The highest BCUT2D eigenvalue weighted by molar-refractivity contribution is 6.55. The van der Waals surface area contributed by atoms with Crippen LogP contribution in [0.15, 0.2) is 0 Å². The van der Waals surface area contributed by atoms with Gasteiger partial charge < -0.3 is 4.90 Å². The Morgan fingerprint density at radius 3 is 2.17 bits per heavy atom. The average molecular weight is 169 g/mol. The van der Waals surface area contributed by atoms with E-state index in [1.165, 1.54) is 38.7 Å². The zero-order chi connectivity index (χ0) is 9.40. The molecule has 0 saturated heterocycles. The van der Waals surface area contributed by atoms with Gasteiger partial charge in [0.1, 0.15) is 6.71 Å². The second-order valence-corrected chi connectivity index (χ2v) is 4.19. The monoisotopic (exact) mass is 169 g/mol. The highest BCUT2D eigenvalue weighted by Crippen LogP contribution is 1.99. The molecular formula is C10H24BN. The van der Waals surface area contributed by atoms with Crippen LogP contribution in [0.3, 0.4) is 0 Å². The second-order valence-electron chi connectivity index (χ2n) is 4.19. The maximum absolute atomic E-state index is 2.45. The first-order valence-corrected chi connectivity index (χ1v) is 5.35. The minimum absolute atomic E-state index is 0.865. The molecule has 0 aromatic rings. The van der Waals surface area contributed by atoms with E-state index in [-0.39, 0.29) is 0 Å². The first-order chi connectivity index (χ1) is 5.66. The Hall–Kier alpha value is 0.0249. The van der Waals surface area contributed by atoms with Gasteiger partial charge >= 0.3 is 0 Å². The number of rotatable bonds is 7. The molecule has 0 saturated carbocycles. The molecule has 0 aliphatic heterocycles. The molecule has 0 rings (SSSR count). The first-order valence-electron chi connectivity index (χ1n) is 5.35. The Morgan fingerprint density at radius 1 is 1.08 bits per heavy atom. The summed E-state index contributed by atoms with van der Waals surface area (Å²) in [5.41, 5.74) is 0. The molecule has 0 heterocycles. The maximum Gasteiger partial charge on any atom is 0.133 e. The van der Waals surface area contributed by atoms with Crippen LogP contribution in [0.25, 0.3) is 0 Å². The van der Waals surface area contributed by atoms with Crippen molar-refractivity contribution < 1.29 is 0 Å². The minimum atomic E-state index is 0.865. The van der Waals surface area contributed by atoms with Crippen LogP contribution in [0.1, 0.15) is 26.2 Å². The standard InChI is InChI=1S/C10H24BN/c1-5-6-9-12(4)10-7-8-11(2)3/h5-10H2,1-4H3. The van der Waals surface area contributed by atoms with Crippen LogP contribution in [-0.4, -0.2) is 31.7 Å². The van der Waals surface area contributed by atoms with Gasteiger partial charge in [0.25, 0.3) is 0 Å². The van der Waals surface area contributed by atoms with Crippen molar-refractivity contribution in [3.05, 3.63) is 0 Å². The van der Waals surface area contributed by atoms with Crippen molar-refractivity contribution in [1.29, 1.82) is 0 Å². The van der Waals surface area contributed by atoms with Crippen molar-refractivity contribution in [1.82, 2.24) is 4.90 Å². The predicted octanol–water partition coefficient (Wildman–Crippen LogP) is 2.86. The molecule has 0 atom stereocenters. The van der Waals surface area contributed by atoms with Gasteiger partial charge in [0.05, 0.1) is 0 Å². The Balaban J connectivity index is 3.13. The summed E-state index contributed by atoms with van der Waals surface area (Å²) in [5, 5.41) is 0. The van der Waals surface area contributed by atoms with E-state index in [0.717, 1.165) is 6.71 Å². The molecule has 0 aliphatic rings. The molecule has 0 amide bonds. The zero-order valence-corrected chi connectivity index (χ0v) is 9.27. The zero-order valence-electron chi connectivity index (χ0n) is 9.27. The summed E-state index contributed by atoms with van der Waals surface area (Å²) in [7, 11) is 2.23. The minimum Gasteiger partial charge on any atom is -0.306 e. The summed E-state index contributed by atoms with van der Waals surface area (Å²) in [6.45, 7) is 10.3. The fourth-order valence-electron chi connectivity index (χ4n) is 1.31. The fourth-order valence-corrected chi connectivity index (χ4v) is 1.31. The number of unbranched alkanes of at least 4 members (excludes halogenated alkanes) is 1. The predicted molar refractivity (Wildman–Crippen MR) is 59.3 cm³/mol. The van der Waals surface area contributed by atoms with Crippen molar-refractivity contribution in [2.45, 2.75) is 46.2 Å². The van der Waals surface area contributed by atoms with Crippen LogP contribution in [0.4, 0.5) is 0 Å². The highest BCUT2D eigenvalue weighted by Gasteiger charge is 2.00. The molecule has 2 heteroatoms. The smallest absolute Gasteiger partial charge is 0.133 e. The third-order valence-electron chi connectivity index (χ3n) is 2.21. The second kappa shape index (κ2) is 7.66. The molecule has 0 spiro atoms. The van der Waals surface area contributed by atoms with Gasteiger partial charge in [-0.15, -0.1) is 0 Å². The van der Waals surface area contributed by atoms with E-state index < -0.39 is 0 Å². The Morgan fingerprint density at radius 2 is 1.67 bits per heavy atom. The van der Waals surface area contributed by atoms with Crippen LogP contribution < -0.4 is 0 Å². The summed E-state index contributed by atoms with van der Waals surface area (Å²) >= 11 is 0.